The molecule has 2 aromatic carbocycles. The molecule has 0 saturated carbocycles. The molecule has 0 amide bonds. The molecule has 0 aliphatic heterocycles. The second-order valence-electron chi connectivity index (χ2n) is 6.37. The van der Waals surface area contributed by atoms with Crippen molar-refractivity contribution in [3.63, 3.8) is 0 Å². The van der Waals surface area contributed by atoms with Crippen molar-refractivity contribution in [1.29, 1.82) is 0 Å². The molecule has 154 valence electrons. The van der Waals surface area contributed by atoms with Gasteiger partial charge in [-0.3, -0.25) is 9.36 Å². The third kappa shape index (κ3) is 3.94. The van der Waals surface area contributed by atoms with E-state index >= 15 is 0 Å². The molecule has 0 spiro atoms. The van der Waals surface area contributed by atoms with Crippen molar-refractivity contribution in [1.82, 2.24) is 8.87 Å². The van der Waals surface area contributed by atoms with Crippen LogP contribution in [0.2, 0.25) is 0 Å². The Labute approximate surface area is 166 Å². The third-order valence-electron chi connectivity index (χ3n) is 4.26. The predicted molar refractivity (Wildman–Crippen MR) is 103 cm³/mol. The van der Waals surface area contributed by atoms with Gasteiger partial charge in [0, 0.05) is 20.2 Å². The molecule has 0 atom stereocenters. The van der Waals surface area contributed by atoms with Crippen LogP contribution in [0.3, 0.4) is 0 Å². The number of nitrogens with zero attached hydrogens (tertiary/aromatic N) is 2. The number of benzene rings is 2. The molecule has 0 unspecified atom stereocenters. The van der Waals surface area contributed by atoms with Gasteiger partial charge >= 0.3 is 5.76 Å². The number of carbonyl (C=O) groups is 1. The van der Waals surface area contributed by atoms with E-state index in [4.69, 9.17) is 9.15 Å². The highest BCUT2D eigenvalue weighted by molar-refractivity contribution is 7.89. The van der Waals surface area contributed by atoms with E-state index in [-0.39, 0.29) is 33.9 Å². The largest absolute Gasteiger partial charge is 0.493 e. The zero-order chi connectivity index (χ0) is 21.3. The van der Waals surface area contributed by atoms with E-state index in [2.05, 4.69) is 0 Å². The van der Waals surface area contributed by atoms with Gasteiger partial charge in [-0.2, -0.15) is 0 Å². The number of fused-ring (bicyclic) bond motifs is 1. The smallest absolute Gasteiger partial charge is 0.420 e. The number of ketones is 1. The summed E-state index contributed by atoms with van der Waals surface area (Å²) in [5.41, 5.74) is 0.269. The second-order valence-corrected chi connectivity index (χ2v) is 8.52. The summed E-state index contributed by atoms with van der Waals surface area (Å²) in [6.45, 7) is 1.59. The van der Waals surface area contributed by atoms with Gasteiger partial charge in [0.25, 0.3) is 0 Å². The predicted octanol–water partition coefficient (Wildman–Crippen LogP) is 2.27. The van der Waals surface area contributed by atoms with Gasteiger partial charge in [-0.05, 0) is 37.3 Å². The summed E-state index contributed by atoms with van der Waals surface area (Å²) in [5, 5.41) is 0. The van der Waals surface area contributed by atoms with Gasteiger partial charge in [0.2, 0.25) is 10.0 Å². The van der Waals surface area contributed by atoms with Gasteiger partial charge < -0.3 is 9.15 Å². The van der Waals surface area contributed by atoms with Crippen molar-refractivity contribution in [3.05, 3.63) is 58.3 Å². The van der Waals surface area contributed by atoms with Crippen LogP contribution in [0.4, 0.5) is 4.39 Å². The molecule has 1 aromatic heterocycles. The van der Waals surface area contributed by atoms with Gasteiger partial charge in [-0.1, -0.05) is 0 Å². The molecule has 0 aliphatic carbocycles. The highest BCUT2D eigenvalue weighted by Gasteiger charge is 2.22. The van der Waals surface area contributed by atoms with Crippen molar-refractivity contribution in [2.75, 3.05) is 20.7 Å². The van der Waals surface area contributed by atoms with Crippen LogP contribution >= 0.6 is 0 Å². The average Bonchev–Trinajstić information content (AvgIpc) is 2.97. The first kappa shape index (κ1) is 20.7. The van der Waals surface area contributed by atoms with Crippen LogP contribution in [-0.2, 0) is 16.6 Å². The number of ether oxygens (including phenoxy) is 1. The molecule has 8 nitrogen and oxygen atoms in total. The molecular weight excluding hydrogens is 403 g/mol. The SMILES string of the molecule is CCOc1ccc(F)cc1C(=O)Cn1c(=O)oc2cc(S(=O)(=O)N(C)C)ccc21. The first-order valence-electron chi connectivity index (χ1n) is 8.66. The lowest BCUT2D eigenvalue weighted by atomic mass is 10.1. The fourth-order valence-corrected chi connectivity index (χ4v) is 3.72. The lowest BCUT2D eigenvalue weighted by Gasteiger charge is -2.11. The Morgan fingerprint density at radius 3 is 2.59 bits per heavy atom. The normalized spacial score (nSPS) is 11.9. The van der Waals surface area contributed by atoms with Gasteiger partial charge in [0.1, 0.15) is 11.6 Å². The van der Waals surface area contributed by atoms with Crippen molar-refractivity contribution >= 4 is 26.9 Å². The highest BCUT2D eigenvalue weighted by atomic mass is 32.2. The highest BCUT2D eigenvalue weighted by Crippen LogP contribution is 2.23. The Bertz CT molecular complexity index is 1240. The van der Waals surface area contributed by atoms with E-state index in [1.54, 1.807) is 6.92 Å². The fraction of sp³-hybridized carbons (Fsp3) is 0.263. The molecule has 1 heterocycles. The number of sulfonamides is 1. The maximum atomic E-state index is 13.6. The summed E-state index contributed by atoms with van der Waals surface area (Å²) in [6, 6.07) is 7.50. The first-order valence-corrected chi connectivity index (χ1v) is 10.1. The van der Waals surface area contributed by atoms with Gasteiger partial charge in [0.15, 0.2) is 11.4 Å². The van der Waals surface area contributed by atoms with Gasteiger partial charge in [0.05, 0.1) is 29.1 Å². The fourth-order valence-electron chi connectivity index (χ4n) is 2.80. The molecule has 0 radical (unpaired) electrons. The lowest BCUT2D eigenvalue weighted by molar-refractivity contribution is 0.0966. The van der Waals surface area contributed by atoms with Gasteiger partial charge in [-0.25, -0.2) is 21.9 Å². The molecule has 3 rings (SSSR count). The number of rotatable bonds is 7. The van der Waals surface area contributed by atoms with Crippen molar-refractivity contribution in [2.24, 2.45) is 0 Å². The van der Waals surface area contributed by atoms with Crippen LogP contribution in [-0.4, -0.2) is 43.8 Å². The van der Waals surface area contributed by atoms with E-state index < -0.39 is 33.9 Å². The van der Waals surface area contributed by atoms with Crippen LogP contribution in [0.25, 0.3) is 11.1 Å². The zero-order valence-corrected chi connectivity index (χ0v) is 16.8. The van der Waals surface area contributed by atoms with Gasteiger partial charge in [-0.15, -0.1) is 0 Å². The Kier molecular flexibility index (Phi) is 5.58. The van der Waals surface area contributed by atoms with Crippen LogP contribution in [0.15, 0.2) is 50.5 Å². The maximum Gasteiger partial charge on any atom is 0.420 e. The summed E-state index contributed by atoms with van der Waals surface area (Å²) in [4.78, 5) is 24.9. The number of Topliss-reactive ketones (excluding diaryl/α,β-unsaturated/α-hetero) is 1. The first-order chi connectivity index (χ1) is 13.6. The Morgan fingerprint density at radius 1 is 1.21 bits per heavy atom. The van der Waals surface area contributed by atoms with E-state index in [0.717, 1.165) is 14.9 Å². The van der Waals surface area contributed by atoms with Crippen LogP contribution in [0.5, 0.6) is 5.75 Å². The second kappa shape index (κ2) is 7.80. The van der Waals surface area contributed by atoms with E-state index in [9.17, 15) is 22.4 Å². The third-order valence-corrected chi connectivity index (χ3v) is 6.07. The summed E-state index contributed by atoms with van der Waals surface area (Å²) < 4.78 is 50.7. The Hall–Kier alpha value is -2.98. The Morgan fingerprint density at radius 2 is 1.93 bits per heavy atom. The maximum absolute atomic E-state index is 13.6. The van der Waals surface area contributed by atoms with E-state index in [1.165, 1.54) is 44.4 Å². The van der Waals surface area contributed by atoms with Crippen molar-refractivity contribution < 1.29 is 26.8 Å². The Balaban J connectivity index is 2.02. The topological polar surface area (TPSA) is 98.8 Å². The van der Waals surface area contributed by atoms with E-state index in [0.29, 0.717) is 0 Å². The molecular formula is C19H19FN2O6S. The van der Waals surface area contributed by atoms with Crippen LogP contribution < -0.4 is 10.5 Å². The number of hydrogen-bond donors (Lipinski definition) is 0. The standard InChI is InChI=1S/C19H19FN2O6S/c1-4-27-17-8-5-12(20)9-14(17)16(23)11-22-15-7-6-13(29(25,26)21(2)3)10-18(15)28-19(22)24/h5-10H,4,11H2,1-3H3. The quantitative estimate of drug-likeness (QED) is 0.542. The number of halogens is 1. The number of hydrogen-bond acceptors (Lipinski definition) is 6. The monoisotopic (exact) mass is 422 g/mol. The summed E-state index contributed by atoms with van der Waals surface area (Å²) >= 11 is 0. The molecule has 29 heavy (non-hydrogen) atoms. The molecule has 0 aliphatic rings. The summed E-state index contributed by atoms with van der Waals surface area (Å²) in [6.07, 6.45) is 0. The van der Waals surface area contributed by atoms with Crippen molar-refractivity contribution in [2.45, 2.75) is 18.4 Å². The molecule has 0 saturated heterocycles. The number of aromatic nitrogens is 1. The molecule has 10 heteroatoms. The van der Waals surface area contributed by atoms with Crippen LogP contribution in [0.1, 0.15) is 17.3 Å². The van der Waals surface area contributed by atoms with Crippen molar-refractivity contribution in [3.8, 4) is 5.75 Å². The minimum Gasteiger partial charge on any atom is -0.493 e. The van der Waals surface area contributed by atoms with E-state index in [1.807, 2.05) is 0 Å². The molecule has 0 N–H and O–H groups in total. The molecule has 3 aromatic rings. The minimum absolute atomic E-state index is 0.0000873. The molecule has 0 fully saturated rings. The van der Waals surface area contributed by atoms with Crippen LogP contribution in [0, 0.1) is 5.82 Å². The lowest BCUT2D eigenvalue weighted by Crippen LogP contribution is -2.22. The molecule has 0 bridgehead atoms. The zero-order valence-electron chi connectivity index (χ0n) is 16.0. The minimum atomic E-state index is -3.72. The number of oxazole rings is 1. The number of carbonyl (C=O) groups excluding carboxylic acids is 1. The summed E-state index contributed by atoms with van der Waals surface area (Å²) in [5.74, 6) is -1.79. The average molecular weight is 422 g/mol. The summed E-state index contributed by atoms with van der Waals surface area (Å²) in [7, 11) is -0.951.